The van der Waals surface area contributed by atoms with Crippen LogP contribution in [0.5, 0.6) is 11.5 Å². The van der Waals surface area contributed by atoms with E-state index in [1.165, 1.54) is 31.4 Å². The largest absolute Gasteiger partial charge is 0.457 e. The zero-order valence-electron chi connectivity index (χ0n) is 18.3. The first-order valence-electron chi connectivity index (χ1n) is 10.4. The van der Waals surface area contributed by atoms with Gasteiger partial charge in [-0.05, 0) is 48.0 Å². The molecule has 0 bridgehead atoms. The number of H-pyrrole nitrogens is 1. The number of amides is 2. The summed E-state index contributed by atoms with van der Waals surface area (Å²) < 4.78 is 44.6. The molecule has 10 heteroatoms. The van der Waals surface area contributed by atoms with E-state index < -0.39 is 17.6 Å². The minimum absolute atomic E-state index is 0.0323. The molecule has 2 heterocycles. The second-order valence-corrected chi connectivity index (χ2v) is 7.42. The van der Waals surface area contributed by atoms with Crippen molar-refractivity contribution >= 4 is 17.5 Å². The summed E-state index contributed by atoms with van der Waals surface area (Å²) in [6.45, 7) is 0. The highest BCUT2D eigenvalue weighted by Gasteiger charge is 2.30. The normalized spacial score (nSPS) is 11.1. The van der Waals surface area contributed by atoms with Gasteiger partial charge in [-0.3, -0.25) is 14.6 Å². The molecule has 0 atom stereocenters. The van der Waals surface area contributed by atoms with Gasteiger partial charge in [0.1, 0.15) is 22.9 Å². The molecule has 0 radical (unpaired) electrons. The minimum Gasteiger partial charge on any atom is -0.457 e. The number of carbonyl (C=O) groups is 2. The fraction of sp³-hybridized carbons (Fsp3) is 0.0800. The molecule has 4 rings (SSSR count). The van der Waals surface area contributed by atoms with Gasteiger partial charge in [-0.1, -0.05) is 18.2 Å². The van der Waals surface area contributed by atoms with E-state index in [2.05, 4.69) is 20.6 Å². The lowest BCUT2D eigenvalue weighted by molar-refractivity contribution is -0.137. The van der Waals surface area contributed by atoms with Crippen molar-refractivity contribution in [3.8, 4) is 22.6 Å². The number of hydrogen-bond acceptors (Lipinski definition) is 4. The van der Waals surface area contributed by atoms with E-state index in [1.54, 1.807) is 36.5 Å². The van der Waals surface area contributed by atoms with Crippen molar-refractivity contribution in [3.05, 3.63) is 96.1 Å². The third-order valence-corrected chi connectivity index (χ3v) is 4.97. The first-order valence-corrected chi connectivity index (χ1v) is 10.4. The minimum atomic E-state index is -4.51. The van der Waals surface area contributed by atoms with Gasteiger partial charge < -0.3 is 20.4 Å². The lowest BCUT2D eigenvalue weighted by atomic mass is 10.1. The maximum atomic E-state index is 12.9. The second-order valence-electron chi connectivity index (χ2n) is 7.42. The summed E-state index contributed by atoms with van der Waals surface area (Å²) in [5.41, 5.74) is 0.972. The van der Waals surface area contributed by atoms with Crippen LogP contribution in [0.1, 0.15) is 26.5 Å². The number of carbonyl (C=O) groups excluding carboxylic acids is 2. The van der Waals surface area contributed by atoms with E-state index >= 15 is 0 Å². The van der Waals surface area contributed by atoms with Crippen LogP contribution in [0.2, 0.25) is 0 Å². The van der Waals surface area contributed by atoms with Crippen molar-refractivity contribution < 1.29 is 27.5 Å². The van der Waals surface area contributed by atoms with Crippen molar-refractivity contribution in [1.82, 2.24) is 15.3 Å². The van der Waals surface area contributed by atoms with Gasteiger partial charge in [-0.15, -0.1) is 0 Å². The van der Waals surface area contributed by atoms with Gasteiger partial charge in [0, 0.05) is 36.8 Å². The van der Waals surface area contributed by atoms with Crippen LogP contribution < -0.4 is 15.4 Å². The number of halogens is 3. The maximum Gasteiger partial charge on any atom is 0.416 e. The van der Waals surface area contributed by atoms with Crippen molar-refractivity contribution in [3.63, 3.8) is 0 Å². The molecule has 3 N–H and O–H groups in total. The molecule has 2 aromatic carbocycles. The molecule has 0 unspecified atom stereocenters. The SMILES string of the molecule is CNC(=O)c1cc(Oc2cccc(-c3c[nH]c(C(=O)Nc4cccc(C(F)(F)F)c4)c3)c2)ccn1. The molecule has 2 amide bonds. The summed E-state index contributed by atoms with van der Waals surface area (Å²) in [5, 5.41) is 4.96. The third kappa shape index (κ3) is 5.67. The van der Waals surface area contributed by atoms with Crippen molar-refractivity contribution in [2.45, 2.75) is 6.18 Å². The van der Waals surface area contributed by atoms with Crippen LogP contribution >= 0.6 is 0 Å². The van der Waals surface area contributed by atoms with Gasteiger partial charge in [-0.25, -0.2) is 0 Å². The fourth-order valence-corrected chi connectivity index (χ4v) is 3.27. The number of aromatic nitrogens is 2. The molecule has 0 fully saturated rings. The molecule has 0 aliphatic carbocycles. The van der Waals surface area contributed by atoms with Gasteiger partial charge >= 0.3 is 6.18 Å². The summed E-state index contributed by atoms with van der Waals surface area (Å²) in [6.07, 6.45) is -1.44. The Morgan fingerprint density at radius 1 is 0.914 bits per heavy atom. The number of aromatic amines is 1. The maximum absolute atomic E-state index is 12.9. The number of nitrogens with zero attached hydrogens (tertiary/aromatic N) is 1. The molecular formula is C25H19F3N4O3. The number of hydrogen-bond donors (Lipinski definition) is 3. The molecule has 4 aromatic rings. The van der Waals surface area contributed by atoms with Gasteiger partial charge in [0.2, 0.25) is 0 Å². The van der Waals surface area contributed by atoms with E-state index in [4.69, 9.17) is 4.74 Å². The van der Waals surface area contributed by atoms with E-state index in [1.807, 2.05) is 6.07 Å². The Bertz CT molecular complexity index is 1380. The Labute approximate surface area is 198 Å². The van der Waals surface area contributed by atoms with Crippen LogP contribution in [-0.4, -0.2) is 28.8 Å². The molecule has 2 aromatic heterocycles. The first kappa shape index (κ1) is 23.6. The number of ether oxygens (including phenoxy) is 1. The Kier molecular flexibility index (Phi) is 6.54. The molecular weight excluding hydrogens is 461 g/mol. The average Bonchev–Trinajstić information content (AvgIpc) is 3.34. The van der Waals surface area contributed by atoms with E-state index in [-0.39, 0.29) is 23.0 Å². The monoisotopic (exact) mass is 480 g/mol. The Morgan fingerprint density at radius 2 is 1.69 bits per heavy atom. The zero-order chi connectivity index (χ0) is 25.0. The third-order valence-electron chi connectivity index (χ3n) is 4.97. The lowest BCUT2D eigenvalue weighted by Gasteiger charge is -2.09. The highest BCUT2D eigenvalue weighted by molar-refractivity contribution is 6.03. The molecule has 0 saturated carbocycles. The van der Waals surface area contributed by atoms with Crippen LogP contribution in [0.3, 0.4) is 0 Å². The quantitative estimate of drug-likeness (QED) is 0.340. The molecule has 0 aliphatic heterocycles. The predicted molar refractivity (Wildman–Crippen MR) is 123 cm³/mol. The molecule has 35 heavy (non-hydrogen) atoms. The first-order chi connectivity index (χ1) is 16.7. The summed E-state index contributed by atoms with van der Waals surface area (Å²) in [4.78, 5) is 31.2. The standard InChI is InChI=1S/C25H19F3N4O3/c1-29-23(33)22-13-20(8-9-30-22)35-19-7-2-4-15(10-19)16-11-21(31-14-16)24(34)32-18-6-3-5-17(12-18)25(26,27)28/h2-14,31H,1H3,(H,29,33)(H,32,34). The fourth-order valence-electron chi connectivity index (χ4n) is 3.27. The summed E-state index contributed by atoms with van der Waals surface area (Å²) >= 11 is 0. The predicted octanol–water partition coefficient (Wildman–Crippen LogP) is 5.50. The second kappa shape index (κ2) is 9.72. The van der Waals surface area contributed by atoms with Crippen molar-refractivity contribution in [2.75, 3.05) is 12.4 Å². The van der Waals surface area contributed by atoms with Crippen molar-refractivity contribution in [1.29, 1.82) is 0 Å². The van der Waals surface area contributed by atoms with E-state index in [0.717, 1.165) is 17.7 Å². The van der Waals surface area contributed by atoms with Crippen LogP contribution in [0, 0.1) is 0 Å². The van der Waals surface area contributed by atoms with Gasteiger partial charge in [0.25, 0.3) is 11.8 Å². The lowest BCUT2D eigenvalue weighted by Crippen LogP contribution is -2.18. The molecule has 178 valence electrons. The summed E-state index contributed by atoms with van der Waals surface area (Å²) in [6, 6.07) is 16.2. The Hall–Kier alpha value is -4.60. The van der Waals surface area contributed by atoms with Gasteiger partial charge in [0.05, 0.1) is 5.56 Å². The van der Waals surface area contributed by atoms with E-state index in [0.29, 0.717) is 17.1 Å². The number of rotatable bonds is 6. The van der Waals surface area contributed by atoms with Crippen LogP contribution in [0.4, 0.5) is 18.9 Å². The average molecular weight is 480 g/mol. The summed E-state index contributed by atoms with van der Waals surface area (Å²) in [7, 11) is 1.51. The number of anilines is 1. The zero-order valence-corrected chi connectivity index (χ0v) is 18.3. The van der Waals surface area contributed by atoms with Crippen LogP contribution in [0.25, 0.3) is 11.1 Å². The number of alkyl halides is 3. The number of benzene rings is 2. The molecule has 7 nitrogen and oxygen atoms in total. The Morgan fingerprint density at radius 3 is 2.46 bits per heavy atom. The number of nitrogens with one attached hydrogen (secondary N) is 3. The molecule has 0 spiro atoms. The Balaban J connectivity index is 1.49. The molecule has 0 aliphatic rings. The van der Waals surface area contributed by atoms with E-state index in [9.17, 15) is 22.8 Å². The van der Waals surface area contributed by atoms with Crippen LogP contribution in [0.15, 0.2) is 79.1 Å². The molecule has 0 saturated heterocycles. The highest BCUT2D eigenvalue weighted by Crippen LogP contribution is 2.31. The van der Waals surface area contributed by atoms with Gasteiger partial charge in [0.15, 0.2) is 0 Å². The van der Waals surface area contributed by atoms with Crippen molar-refractivity contribution in [2.24, 2.45) is 0 Å². The van der Waals surface area contributed by atoms with Crippen LogP contribution in [-0.2, 0) is 6.18 Å². The smallest absolute Gasteiger partial charge is 0.416 e. The topological polar surface area (TPSA) is 96.1 Å². The number of pyridine rings is 1. The summed E-state index contributed by atoms with van der Waals surface area (Å²) in [5.74, 6) is -0.00680. The highest BCUT2D eigenvalue weighted by atomic mass is 19.4. The van der Waals surface area contributed by atoms with Gasteiger partial charge in [-0.2, -0.15) is 13.2 Å².